The van der Waals surface area contributed by atoms with Crippen molar-refractivity contribution in [3.63, 3.8) is 0 Å². The molecule has 0 unspecified atom stereocenters. The molecule has 118 valence electrons. The highest BCUT2D eigenvalue weighted by Crippen LogP contribution is 2.26. The van der Waals surface area contributed by atoms with Gasteiger partial charge in [-0.25, -0.2) is 8.42 Å². The lowest BCUT2D eigenvalue weighted by Crippen LogP contribution is -2.56. The minimum atomic E-state index is -3.47. The van der Waals surface area contributed by atoms with Crippen molar-refractivity contribution < 1.29 is 13.2 Å². The van der Waals surface area contributed by atoms with Crippen LogP contribution in [0.5, 0.6) is 5.75 Å². The van der Waals surface area contributed by atoms with Crippen LogP contribution in [0.15, 0.2) is 35.4 Å². The Hall–Kier alpha value is -1.86. The maximum Gasteiger partial charge on any atom is 0.246 e. The molecule has 0 atom stereocenters. The SMILES string of the molecule is Cc1ccc(OC2CN(S(=O)(=O)c3cn(C)nc3C)C2)cc1. The molecule has 2 aromatic rings. The summed E-state index contributed by atoms with van der Waals surface area (Å²) in [6.07, 6.45) is 1.44. The van der Waals surface area contributed by atoms with Gasteiger partial charge in [0, 0.05) is 13.2 Å². The van der Waals surface area contributed by atoms with E-state index in [4.69, 9.17) is 4.74 Å². The van der Waals surface area contributed by atoms with Crippen molar-refractivity contribution in [2.24, 2.45) is 7.05 Å². The van der Waals surface area contributed by atoms with Gasteiger partial charge in [-0.05, 0) is 26.0 Å². The molecular weight excluding hydrogens is 302 g/mol. The molecule has 1 aliphatic heterocycles. The molecule has 7 heteroatoms. The summed E-state index contributed by atoms with van der Waals surface area (Å²) < 4.78 is 33.7. The first-order chi connectivity index (χ1) is 10.4. The number of aromatic nitrogens is 2. The Morgan fingerprint density at radius 3 is 2.36 bits per heavy atom. The van der Waals surface area contributed by atoms with Crippen molar-refractivity contribution in [3.05, 3.63) is 41.7 Å². The van der Waals surface area contributed by atoms with Gasteiger partial charge in [-0.15, -0.1) is 0 Å². The number of ether oxygens (including phenoxy) is 1. The van der Waals surface area contributed by atoms with E-state index in [1.54, 1.807) is 20.2 Å². The monoisotopic (exact) mass is 321 g/mol. The molecule has 3 rings (SSSR count). The van der Waals surface area contributed by atoms with Crippen LogP contribution in [-0.4, -0.2) is 41.7 Å². The molecule has 6 nitrogen and oxygen atoms in total. The third-order valence-corrected chi connectivity index (χ3v) is 5.66. The van der Waals surface area contributed by atoms with Crippen LogP contribution in [0, 0.1) is 13.8 Å². The average molecular weight is 321 g/mol. The van der Waals surface area contributed by atoms with E-state index in [1.807, 2.05) is 31.2 Å². The third kappa shape index (κ3) is 2.74. The first kappa shape index (κ1) is 15.1. The van der Waals surface area contributed by atoms with Crippen molar-refractivity contribution in [3.8, 4) is 5.75 Å². The number of sulfonamides is 1. The van der Waals surface area contributed by atoms with E-state index in [1.165, 1.54) is 8.99 Å². The van der Waals surface area contributed by atoms with E-state index in [2.05, 4.69) is 5.10 Å². The lowest BCUT2D eigenvalue weighted by atomic mass is 10.2. The molecule has 0 aliphatic carbocycles. The van der Waals surface area contributed by atoms with Crippen molar-refractivity contribution in [2.45, 2.75) is 24.8 Å². The Labute approximate surface area is 130 Å². The number of nitrogens with zero attached hydrogens (tertiary/aromatic N) is 3. The van der Waals surface area contributed by atoms with Crippen LogP contribution < -0.4 is 4.74 Å². The molecule has 2 heterocycles. The van der Waals surface area contributed by atoms with Gasteiger partial charge < -0.3 is 4.74 Å². The van der Waals surface area contributed by atoms with Crippen LogP contribution in [0.3, 0.4) is 0 Å². The molecule has 0 amide bonds. The summed E-state index contributed by atoms with van der Waals surface area (Å²) in [5, 5.41) is 4.09. The number of rotatable bonds is 4. The maximum atomic E-state index is 12.5. The summed E-state index contributed by atoms with van der Waals surface area (Å²) in [6, 6.07) is 7.75. The zero-order valence-corrected chi connectivity index (χ0v) is 13.7. The minimum absolute atomic E-state index is 0.102. The number of benzene rings is 1. The topological polar surface area (TPSA) is 64.4 Å². The molecule has 0 saturated carbocycles. The first-order valence-electron chi connectivity index (χ1n) is 7.10. The lowest BCUT2D eigenvalue weighted by molar-refractivity contribution is 0.0762. The number of aryl methyl sites for hydroxylation is 3. The molecular formula is C15H19N3O3S. The van der Waals surface area contributed by atoms with Gasteiger partial charge in [-0.2, -0.15) is 9.40 Å². The summed E-state index contributed by atoms with van der Waals surface area (Å²) in [4.78, 5) is 0.267. The van der Waals surface area contributed by atoms with Gasteiger partial charge in [0.1, 0.15) is 16.7 Å². The van der Waals surface area contributed by atoms with Gasteiger partial charge in [0.25, 0.3) is 0 Å². The van der Waals surface area contributed by atoms with Gasteiger partial charge in [-0.1, -0.05) is 17.7 Å². The highest BCUT2D eigenvalue weighted by atomic mass is 32.2. The first-order valence-corrected chi connectivity index (χ1v) is 8.54. The second-order valence-corrected chi connectivity index (χ2v) is 7.53. The standard InChI is InChI=1S/C15H19N3O3S/c1-11-4-6-13(7-5-11)21-14-8-18(9-14)22(19,20)15-10-17(3)16-12(15)2/h4-7,10,14H,8-9H2,1-3H3. The van der Waals surface area contributed by atoms with Crippen molar-refractivity contribution in [1.29, 1.82) is 0 Å². The Morgan fingerprint density at radius 2 is 1.82 bits per heavy atom. The molecule has 22 heavy (non-hydrogen) atoms. The smallest absolute Gasteiger partial charge is 0.246 e. The van der Waals surface area contributed by atoms with Crippen molar-refractivity contribution >= 4 is 10.0 Å². The van der Waals surface area contributed by atoms with Gasteiger partial charge in [0.15, 0.2) is 0 Å². The van der Waals surface area contributed by atoms with Gasteiger partial charge in [0.2, 0.25) is 10.0 Å². The Kier molecular flexibility index (Phi) is 3.70. The van der Waals surface area contributed by atoms with Gasteiger partial charge >= 0.3 is 0 Å². The second kappa shape index (κ2) is 5.40. The Balaban J connectivity index is 1.65. The molecule has 0 bridgehead atoms. The molecule has 1 saturated heterocycles. The number of hydrogen-bond acceptors (Lipinski definition) is 4. The number of hydrogen-bond donors (Lipinski definition) is 0. The fraction of sp³-hybridized carbons (Fsp3) is 0.400. The second-order valence-electron chi connectivity index (χ2n) is 5.63. The molecule has 0 N–H and O–H groups in total. The molecule has 1 aromatic carbocycles. The summed E-state index contributed by atoms with van der Waals surface area (Å²) in [6.45, 7) is 4.44. The summed E-state index contributed by atoms with van der Waals surface area (Å²) in [5.41, 5.74) is 1.68. The minimum Gasteiger partial charge on any atom is -0.488 e. The fourth-order valence-electron chi connectivity index (χ4n) is 2.45. The quantitative estimate of drug-likeness (QED) is 0.856. The van der Waals surface area contributed by atoms with Crippen LogP contribution in [0.25, 0.3) is 0 Å². The van der Waals surface area contributed by atoms with E-state index in [0.717, 1.165) is 11.3 Å². The van der Waals surface area contributed by atoms with Crippen LogP contribution in [0.2, 0.25) is 0 Å². The highest BCUT2D eigenvalue weighted by Gasteiger charge is 2.39. The van der Waals surface area contributed by atoms with Gasteiger partial charge in [-0.3, -0.25) is 4.68 Å². The molecule has 1 fully saturated rings. The summed E-state index contributed by atoms with van der Waals surface area (Å²) >= 11 is 0. The van der Waals surface area contributed by atoms with E-state index >= 15 is 0 Å². The maximum absolute atomic E-state index is 12.5. The summed E-state index contributed by atoms with van der Waals surface area (Å²) in [7, 11) is -1.76. The molecule has 0 radical (unpaired) electrons. The predicted octanol–water partition coefficient (Wildman–Crippen LogP) is 1.49. The highest BCUT2D eigenvalue weighted by molar-refractivity contribution is 7.89. The predicted molar refractivity (Wildman–Crippen MR) is 82.3 cm³/mol. The zero-order chi connectivity index (χ0) is 15.9. The van der Waals surface area contributed by atoms with Crippen LogP contribution in [-0.2, 0) is 17.1 Å². The van der Waals surface area contributed by atoms with E-state index in [0.29, 0.717) is 18.8 Å². The van der Waals surface area contributed by atoms with Crippen LogP contribution in [0.1, 0.15) is 11.3 Å². The van der Waals surface area contributed by atoms with Crippen molar-refractivity contribution in [1.82, 2.24) is 14.1 Å². The lowest BCUT2D eigenvalue weighted by Gasteiger charge is -2.37. The Morgan fingerprint density at radius 1 is 1.18 bits per heavy atom. The normalized spacial score (nSPS) is 16.5. The zero-order valence-electron chi connectivity index (χ0n) is 12.9. The van der Waals surface area contributed by atoms with E-state index < -0.39 is 10.0 Å². The van der Waals surface area contributed by atoms with Gasteiger partial charge in [0.05, 0.1) is 18.8 Å². The molecule has 0 spiro atoms. The third-order valence-electron chi connectivity index (χ3n) is 3.72. The molecule has 1 aliphatic rings. The fourth-order valence-corrected chi connectivity index (χ4v) is 4.15. The van der Waals surface area contributed by atoms with E-state index in [-0.39, 0.29) is 11.0 Å². The average Bonchev–Trinajstić information content (AvgIpc) is 2.75. The van der Waals surface area contributed by atoms with E-state index in [9.17, 15) is 8.42 Å². The van der Waals surface area contributed by atoms with Crippen LogP contribution >= 0.6 is 0 Å². The summed E-state index contributed by atoms with van der Waals surface area (Å²) in [5.74, 6) is 0.769. The molecule has 1 aromatic heterocycles. The largest absolute Gasteiger partial charge is 0.488 e. The Bertz CT molecular complexity index is 775. The van der Waals surface area contributed by atoms with Crippen molar-refractivity contribution in [2.75, 3.05) is 13.1 Å². The van der Waals surface area contributed by atoms with Crippen LogP contribution in [0.4, 0.5) is 0 Å².